The third-order valence-electron chi connectivity index (χ3n) is 3.26. The van der Waals surface area contributed by atoms with E-state index in [4.69, 9.17) is 21.1 Å². The van der Waals surface area contributed by atoms with Crippen LogP contribution in [-0.2, 0) is 0 Å². The van der Waals surface area contributed by atoms with Gasteiger partial charge in [-0.25, -0.2) is 0 Å². The minimum absolute atomic E-state index is 0.181. The van der Waals surface area contributed by atoms with Crippen molar-refractivity contribution in [3.8, 4) is 11.5 Å². The van der Waals surface area contributed by atoms with Crippen molar-refractivity contribution in [3.05, 3.63) is 43.5 Å². The van der Waals surface area contributed by atoms with Gasteiger partial charge in [0.05, 0.1) is 13.2 Å². The molecule has 0 aliphatic carbocycles. The Morgan fingerprint density at radius 3 is 2.90 bits per heavy atom. The van der Waals surface area contributed by atoms with Crippen LogP contribution in [0.4, 0.5) is 0 Å². The maximum absolute atomic E-state index is 10.3. The van der Waals surface area contributed by atoms with E-state index in [-0.39, 0.29) is 6.10 Å². The quantitative estimate of drug-likeness (QED) is 0.824. The largest absolute Gasteiger partial charge is 0.497 e. The molecule has 2 atom stereocenters. The molecule has 2 heterocycles. The van der Waals surface area contributed by atoms with Crippen molar-refractivity contribution in [1.29, 1.82) is 0 Å². The number of aliphatic hydroxyl groups is 1. The van der Waals surface area contributed by atoms with E-state index in [1.165, 1.54) is 11.3 Å². The van der Waals surface area contributed by atoms with Crippen LogP contribution in [0, 0.1) is 0 Å². The summed E-state index contributed by atoms with van der Waals surface area (Å²) in [6.07, 6.45) is -0.248. The second-order valence-electron chi connectivity index (χ2n) is 4.53. The molecule has 0 spiro atoms. The SMILES string of the molecule is COc1ccc2c(c1)C(O)CC(c1cc(Br)c(Cl)s1)O2. The van der Waals surface area contributed by atoms with Crippen molar-refractivity contribution in [1.82, 2.24) is 0 Å². The molecule has 6 heteroatoms. The number of halogens is 2. The van der Waals surface area contributed by atoms with Gasteiger partial charge in [0.1, 0.15) is 21.9 Å². The highest BCUT2D eigenvalue weighted by Crippen LogP contribution is 2.45. The van der Waals surface area contributed by atoms with Crippen molar-refractivity contribution >= 4 is 38.9 Å². The molecule has 0 bridgehead atoms. The van der Waals surface area contributed by atoms with Crippen molar-refractivity contribution in [2.45, 2.75) is 18.6 Å². The van der Waals surface area contributed by atoms with Crippen LogP contribution in [0.5, 0.6) is 11.5 Å². The summed E-state index contributed by atoms with van der Waals surface area (Å²) in [7, 11) is 1.60. The van der Waals surface area contributed by atoms with Crippen molar-refractivity contribution < 1.29 is 14.6 Å². The van der Waals surface area contributed by atoms with Gasteiger partial charge in [-0.1, -0.05) is 11.6 Å². The molecule has 3 rings (SSSR count). The zero-order valence-corrected chi connectivity index (χ0v) is 13.8. The van der Waals surface area contributed by atoms with Gasteiger partial charge in [-0.2, -0.15) is 0 Å². The van der Waals surface area contributed by atoms with E-state index >= 15 is 0 Å². The van der Waals surface area contributed by atoms with E-state index in [0.29, 0.717) is 22.3 Å². The average molecular weight is 376 g/mol. The molecule has 1 aliphatic heterocycles. The number of rotatable bonds is 2. The first-order chi connectivity index (χ1) is 9.58. The Bertz CT molecular complexity index is 624. The van der Waals surface area contributed by atoms with Gasteiger partial charge >= 0.3 is 0 Å². The highest BCUT2D eigenvalue weighted by atomic mass is 79.9. The lowest BCUT2D eigenvalue weighted by atomic mass is 9.98. The van der Waals surface area contributed by atoms with Crippen LogP contribution < -0.4 is 9.47 Å². The molecular formula is C14H12BrClO3S. The normalized spacial score (nSPS) is 21.2. The molecule has 106 valence electrons. The van der Waals surface area contributed by atoms with Crippen LogP contribution in [0.15, 0.2) is 28.7 Å². The van der Waals surface area contributed by atoms with Gasteiger partial charge in [-0.3, -0.25) is 0 Å². The molecule has 1 aliphatic rings. The van der Waals surface area contributed by atoms with Crippen LogP contribution in [0.3, 0.4) is 0 Å². The summed E-state index contributed by atoms with van der Waals surface area (Å²) in [5, 5.41) is 10.3. The number of thiophene rings is 1. The number of benzene rings is 1. The highest BCUT2D eigenvalue weighted by Gasteiger charge is 2.29. The average Bonchev–Trinajstić information content (AvgIpc) is 2.78. The molecule has 0 amide bonds. The van der Waals surface area contributed by atoms with Crippen LogP contribution in [-0.4, -0.2) is 12.2 Å². The Kier molecular flexibility index (Phi) is 3.95. The highest BCUT2D eigenvalue weighted by molar-refractivity contribution is 9.10. The summed E-state index contributed by atoms with van der Waals surface area (Å²) >= 11 is 10.9. The fraction of sp³-hybridized carbons (Fsp3) is 0.286. The lowest BCUT2D eigenvalue weighted by Crippen LogP contribution is -2.18. The molecule has 0 saturated carbocycles. The maximum Gasteiger partial charge on any atom is 0.136 e. The van der Waals surface area contributed by atoms with Crippen LogP contribution in [0.1, 0.15) is 29.1 Å². The van der Waals surface area contributed by atoms with Crippen LogP contribution in [0.2, 0.25) is 4.34 Å². The lowest BCUT2D eigenvalue weighted by molar-refractivity contribution is 0.0671. The molecule has 1 aromatic heterocycles. The van der Waals surface area contributed by atoms with E-state index in [2.05, 4.69) is 15.9 Å². The zero-order valence-electron chi connectivity index (χ0n) is 10.6. The number of aliphatic hydroxyl groups excluding tert-OH is 1. The molecule has 2 aromatic rings. The summed E-state index contributed by atoms with van der Waals surface area (Å²) < 4.78 is 12.7. The number of hydrogen-bond donors (Lipinski definition) is 1. The topological polar surface area (TPSA) is 38.7 Å². The van der Waals surface area contributed by atoms with E-state index in [1.807, 2.05) is 24.3 Å². The first-order valence-electron chi connectivity index (χ1n) is 6.06. The van der Waals surface area contributed by atoms with Gasteiger partial charge in [0.2, 0.25) is 0 Å². The molecule has 20 heavy (non-hydrogen) atoms. The summed E-state index contributed by atoms with van der Waals surface area (Å²) in [5.74, 6) is 1.40. The predicted molar refractivity (Wildman–Crippen MR) is 83.0 cm³/mol. The maximum atomic E-state index is 10.3. The molecule has 0 fully saturated rings. The third-order valence-corrected chi connectivity index (χ3v) is 5.83. The second-order valence-corrected chi connectivity index (χ2v) is 7.07. The number of ether oxygens (including phenoxy) is 2. The van der Waals surface area contributed by atoms with Gasteiger partial charge in [-0.15, -0.1) is 11.3 Å². The van der Waals surface area contributed by atoms with E-state index in [1.54, 1.807) is 7.11 Å². The monoisotopic (exact) mass is 374 g/mol. The van der Waals surface area contributed by atoms with Crippen molar-refractivity contribution in [2.24, 2.45) is 0 Å². The fourth-order valence-corrected chi connectivity index (χ4v) is 4.03. The Labute approximate surface area is 134 Å². The zero-order chi connectivity index (χ0) is 14.3. The molecular weight excluding hydrogens is 364 g/mol. The molecule has 1 aromatic carbocycles. The summed E-state index contributed by atoms with van der Waals surface area (Å²) in [6, 6.07) is 7.41. The number of fused-ring (bicyclic) bond motifs is 1. The van der Waals surface area contributed by atoms with Crippen molar-refractivity contribution in [2.75, 3.05) is 7.11 Å². The van der Waals surface area contributed by atoms with Gasteiger partial charge < -0.3 is 14.6 Å². The number of methoxy groups -OCH3 is 1. The molecule has 0 saturated heterocycles. The van der Waals surface area contributed by atoms with Gasteiger partial charge in [-0.05, 0) is 40.2 Å². The van der Waals surface area contributed by atoms with Crippen molar-refractivity contribution in [3.63, 3.8) is 0 Å². The molecule has 1 N–H and O–H groups in total. The van der Waals surface area contributed by atoms with Crippen LogP contribution >= 0.6 is 38.9 Å². The Morgan fingerprint density at radius 1 is 1.45 bits per heavy atom. The van der Waals surface area contributed by atoms with E-state index in [0.717, 1.165) is 14.9 Å². The van der Waals surface area contributed by atoms with Crippen LogP contribution in [0.25, 0.3) is 0 Å². The minimum atomic E-state index is -0.571. The summed E-state index contributed by atoms with van der Waals surface area (Å²) in [5.41, 5.74) is 0.766. The Hall–Kier alpha value is -0.750. The van der Waals surface area contributed by atoms with E-state index < -0.39 is 6.10 Å². The first-order valence-corrected chi connectivity index (χ1v) is 8.04. The minimum Gasteiger partial charge on any atom is -0.497 e. The molecule has 2 unspecified atom stereocenters. The third kappa shape index (κ3) is 2.55. The summed E-state index contributed by atoms with van der Waals surface area (Å²) in [6.45, 7) is 0. The number of hydrogen-bond acceptors (Lipinski definition) is 4. The predicted octanol–water partition coefficient (Wildman–Crippen LogP) is 4.73. The van der Waals surface area contributed by atoms with Gasteiger partial charge in [0.25, 0.3) is 0 Å². The second kappa shape index (κ2) is 5.56. The summed E-state index contributed by atoms with van der Waals surface area (Å²) in [4.78, 5) is 1.00. The van der Waals surface area contributed by atoms with Gasteiger partial charge in [0.15, 0.2) is 0 Å². The van der Waals surface area contributed by atoms with E-state index in [9.17, 15) is 5.11 Å². The first kappa shape index (κ1) is 14.2. The standard InChI is InChI=1S/C14H12BrClO3S/c1-18-7-2-3-11-8(4-7)10(17)6-12(19-11)13-5-9(15)14(16)20-13/h2-5,10,12,17H,6H2,1H3. The Balaban J connectivity index is 1.92. The Morgan fingerprint density at radius 2 is 2.25 bits per heavy atom. The lowest BCUT2D eigenvalue weighted by Gasteiger charge is -2.29. The fourth-order valence-electron chi connectivity index (χ4n) is 2.25. The van der Waals surface area contributed by atoms with Gasteiger partial charge in [0, 0.05) is 21.3 Å². The molecule has 0 radical (unpaired) electrons. The molecule has 3 nitrogen and oxygen atoms in total. The smallest absolute Gasteiger partial charge is 0.136 e.